The maximum absolute atomic E-state index is 6.16. The molecular formula is C14H14Br2ClNS. The highest BCUT2D eigenvalue weighted by atomic mass is 79.9. The van der Waals surface area contributed by atoms with E-state index in [0.29, 0.717) is 0 Å². The number of thiophene rings is 1. The number of nitrogens with one attached hydrogen (secondary N) is 1. The Morgan fingerprint density at radius 1 is 1.26 bits per heavy atom. The summed E-state index contributed by atoms with van der Waals surface area (Å²) in [6, 6.07) is 8.69. The molecule has 0 amide bonds. The summed E-state index contributed by atoms with van der Waals surface area (Å²) in [5, 5.41) is 3.52. The number of hydrogen-bond donors (Lipinski definition) is 1. The van der Waals surface area contributed by atoms with E-state index in [4.69, 9.17) is 11.6 Å². The Kier molecular flexibility index (Phi) is 5.49. The molecule has 19 heavy (non-hydrogen) atoms. The molecule has 0 saturated carbocycles. The lowest BCUT2D eigenvalue weighted by molar-refractivity contribution is 0.637. The Balaban J connectivity index is 2.44. The van der Waals surface area contributed by atoms with Gasteiger partial charge in [-0.3, -0.25) is 0 Å². The molecule has 0 saturated heterocycles. The van der Waals surface area contributed by atoms with Gasteiger partial charge in [0.05, 0.1) is 6.04 Å². The Labute approximate surface area is 139 Å². The molecule has 1 aromatic carbocycles. The van der Waals surface area contributed by atoms with Crippen LogP contribution in [-0.2, 0) is 0 Å². The highest BCUT2D eigenvalue weighted by molar-refractivity contribution is 9.10. The van der Waals surface area contributed by atoms with Crippen molar-refractivity contribution in [3.63, 3.8) is 0 Å². The molecule has 1 unspecified atom stereocenters. The van der Waals surface area contributed by atoms with Gasteiger partial charge in [-0.2, -0.15) is 0 Å². The zero-order chi connectivity index (χ0) is 14.0. The Morgan fingerprint density at radius 2 is 2.00 bits per heavy atom. The molecule has 5 heteroatoms. The van der Waals surface area contributed by atoms with Gasteiger partial charge in [-0.15, -0.1) is 11.3 Å². The molecule has 1 N–H and O–H groups in total. The summed E-state index contributed by atoms with van der Waals surface area (Å²) in [7, 11) is 0. The molecule has 0 aliphatic carbocycles. The second-order valence-electron chi connectivity index (χ2n) is 4.29. The number of aryl methyl sites for hydroxylation is 1. The highest BCUT2D eigenvalue weighted by Crippen LogP contribution is 2.39. The molecule has 1 nitrogen and oxygen atoms in total. The third-order valence-electron chi connectivity index (χ3n) is 2.82. The summed E-state index contributed by atoms with van der Waals surface area (Å²) in [6.45, 7) is 5.10. The largest absolute Gasteiger partial charge is 0.306 e. The van der Waals surface area contributed by atoms with Gasteiger partial charge in [0.25, 0.3) is 0 Å². The lowest BCUT2D eigenvalue weighted by Gasteiger charge is -2.18. The first-order chi connectivity index (χ1) is 9.02. The molecule has 2 aromatic rings. The van der Waals surface area contributed by atoms with Crippen molar-refractivity contribution >= 4 is 54.8 Å². The number of halogens is 3. The maximum atomic E-state index is 6.16. The van der Waals surface area contributed by atoms with Crippen LogP contribution in [-0.4, -0.2) is 6.54 Å². The number of rotatable bonds is 4. The molecule has 1 heterocycles. The quantitative estimate of drug-likeness (QED) is 0.642. The average Bonchev–Trinajstić information content (AvgIpc) is 2.67. The van der Waals surface area contributed by atoms with E-state index in [1.807, 2.05) is 0 Å². The lowest BCUT2D eigenvalue weighted by Crippen LogP contribution is -2.21. The fourth-order valence-electron chi connectivity index (χ4n) is 1.94. The third kappa shape index (κ3) is 3.61. The number of benzene rings is 1. The molecule has 0 radical (unpaired) electrons. The standard InChI is InChI=1S/C14H14Br2ClNS/c1-3-18-13(12-7-11(16)14(17)19-12)9-5-4-8(2)6-10(9)15/h4-7,13,18H,3H2,1-2H3. The minimum atomic E-state index is 0.161. The third-order valence-corrected chi connectivity index (χ3v) is 6.05. The van der Waals surface area contributed by atoms with E-state index in [1.54, 1.807) is 11.3 Å². The highest BCUT2D eigenvalue weighted by Gasteiger charge is 2.19. The summed E-state index contributed by atoms with van der Waals surface area (Å²) in [4.78, 5) is 1.21. The first-order valence-corrected chi connectivity index (χ1v) is 8.75. The van der Waals surface area contributed by atoms with Gasteiger partial charge < -0.3 is 5.32 Å². The summed E-state index contributed by atoms with van der Waals surface area (Å²) < 4.78 is 2.88. The van der Waals surface area contributed by atoms with Crippen molar-refractivity contribution in [2.24, 2.45) is 0 Å². The van der Waals surface area contributed by atoms with E-state index < -0.39 is 0 Å². The monoisotopic (exact) mass is 421 g/mol. The van der Waals surface area contributed by atoms with Gasteiger partial charge in [-0.25, -0.2) is 0 Å². The molecule has 0 aliphatic heterocycles. The molecule has 0 aliphatic rings. The average molecular weight is 424 g/mol. The topological polar surface area (TPSA) is 12.0 Å². The van der Waals surface area contributed by atoms with Crippen molar-refractivity contribution in [2.75, 3.05) is 6.54 Å². The SMILES string of the molecule is CCNC(c1cc(Br)c(Cl)s1)c1ccc(C)cc1Br. The van der Waals surface area contributed by atoms with Crippen LogP contribution in [0.3, 0.4) is 0 Å². The normalized spacial score (nSPS) is 12.7. The van der Waals surface area contributed by atoms with E-state index in [1.165, 1.54) is 16.0 Å². The summed E-state index contributed by atoms with van der Waals surface area (Å²) in [5.41, 5.74) is 2.48. The van der Waals surface area contributed by atoms with Gasteiger partial charge in [-0.1, -0.05) is 46.6 Å². The van der Waals surface area contributed by atoms with Crippen LogP contribution in [0.15, 0.2) is 33.2 Å². The van der Waals surface area contributed by atoms with Crippen molar-refractivity contribution in [1.29, 1.82) is 0 Å². The van der Waals surface area contributed by atoms with Crippen LogP contribution in [0.2, 0.25) is 4.34 Å². The smallest absolute Gasteiger partial charge is 0.107 e. The van der Waals surface area contributed by atoms with E-state index >= 15 is 0 Å². The molecule has 0 spiro atoms. The fourth-order valence-corrected chi connectivity index (χ4v) is 4.49. The summed E-state index contributed by atoms with van der Waals surface area (Å²) in [5.74, 6) is 0. The second-order valence-corrected chi connectivity index (χ2v) is 7.68. The summed E-state index contributed by atoms with van der Waals surface area (Å²) >= 11 is 14.9. The molecule has 102 valence electrons. The van der Waals surface area contributed by atoms with Crippen LogP contribution >= 0.6 is 54.8 Å². The lowest BCUT2D eigenvalue weighted by atomic mass is 10.0. The Morgan fingerprint density at radius 3 is 2.53 bits per heavy atom. The van der Waals surface area contributed by atoms with Gasteiger partial charge in [0, 0.05) is 13.8 Å². The Hall–Kier alpha value is 0.130. The van der Waals surface area contributed by atoms with Crippen LogP contribution in [0, 0.1) is 6.92 Å². The molecule has 1 atom stereocenters. The first-order valence-electron chi connectivity index (χ1n) is 5.97. The fraction of sp³-hybridized carbons (Fsp3) is 0.286. The second kappa shape index (κ2) is 6.72. The summed E-state index contributed by atoms with van der Waals surface area (Å²) in [6.07, 6.45) is 0. The van der Waals surface area contributed by atoms with Crippen molar-refractivity contribution < 1.29 is 0 Å². The van der Waals surface area contributed by atoms with Crippen molar-refractivity contribution in [3.8, 4) is 0 Å². The van der Waals surface area contributed by atoms with Crippen LogP contribution in [0.1, 0.15) is 29.0 Å². The van der Waals surface area contributed by atoms with E-state index in [0.717, 1.165) is 19.8 Å². The van der Waals surface area contributed by atoms with Crippen LogP contribution in [0.4, 0.5) is 0 Å². The molecule has 1 aromatic heterocycles. The van der Waals surface area contributed by atoms with E-state index in [-0.39, 0.29) is 6.04 Å². The number of hydrogen-bond acceptors (Lipinski definition) is 2. The first kappa shape index (κ1) is 15.5. The van der Waals surface area contributed by atoms with Gasteiger partial charge in [0.2, 0.25) is 0 Å². The van der Waals surface area contributed by atoms with Crippen LogP contribution in [0.25, 0.3) is 0 Å². The van der Waals surface area contributed by atoms with Crippen molar-refractivity contribution in [1.82, 2.24) is 5.32 Å². The van der Waals surface area contributed by atoms with Gasteiger partial charge >= 0.3 is 0 Å². The van der Waals surface area contributed by atoms with Crippen LogP contribution in [0.5, 0.6) is 0 Å². The van der Waals surface area contributed by atoms with E-state index in [9.17, 15) is 0 Å². The molecule has 2 rings (SSSR count). The van der Waals surface area contributed by atoms with Gasteiger partial charge in [0.1, 0.15) is 4.34 Å². The van der Waals surface area contributed by atoms with Gasteiger partial charge in [0.15, 0.2) is 0 Å². The Bertz CT molecular complexity index is 563. The molecular weight excluding hydrogens is 409 g/mol. The van der Waals surface area contributed by atoms with Gasteiger partial charge in [-0.05, 0) is 52.7 Å². The predicted octanol–water partition coefficient (Wildman–Crippen LogP) is 5.93. The minimum absolute atomic E-state index is 0.161. The minimum Gasteiger partial charge on any atom is -0.306 e. The molecule has 0 fully saturated rings. The predicted molar refractivity (Wildman–Crippen MR) is 91.4 cm³/mol. The zero-order valence-electron chi connectivity index (χ0n) is 10.6. The van der Waals surface area contributed by atoms with Crippen LogP contribution < -0.4 is 5.32 Å². The van der Waals surface area contributed by atoms with E-state index in [2.05, 4.69) is 75.3 Å². The zero-order valence-corrected chi connectivity index (χ0v) is 15.4. The van der Waals surface area contributed by atoms with Crippen molar-refractivity contribution in [2.45, 2.75) is 19.9 Å². The van der Waals surface area contributed by atoms with Crippen molar-refractivity contribution in [3.05, 3.63) is 53.6 Å². The molecule has 0 bridgehead atoms. The maximum Gasteiger partial charge on any atom is 0.107 e.